The van der Waals surface area contributed by atoms with Crippen molar-refractivity contribution >= 4 is 23.7 Å². The van der Waals surface area contributed by atoms with Gasteiger partial charge in [-0.15, -0.1) is 12.4 Å². The fourth-order valence-electron chi connectivity index (χ4n) is 0.196. The Morgan fingerprint density at radius 2 is 2.33 bits per heavy atom. The molecule has 0 spiro atoms. The predicted molar refractivity (Wildman–Crippen MR) is 28.1 cm³/mol. The molecule has 0 atom stereocenters. The zero-order valence-electron chi connectivity index (χ0n) is 3.05. The van der Waals surface area contributed by atoms with Gasteiger partial charge in [0, 0.05) is 0 Å². The van der Waals surface area contributed by atoms with Gasteiger partial charge in [0.25, 0.3) is 0 Å². The average Bonchev–Trinajstić information content (AvgIpc) is 1.76. The van der Waals surface area contributed by atoms with E-state index in [4.69, 9.17) is 0 Å². The summed E-state index contributed by atoms with van der Waals surface area (Å²) in [7, 11) is 0. The van der Waals surface area contributed by atoms with Gasteiger partial charge in [-0.25, -0.2) is 4.98 Å². The van der Waals surface area contributed by atoms with Crippen LogP contribution in [0, 0.1) is 0 Å². The summed E-state index contributed by atoms with van der Waals surface area (Å²) in [4.78, 5) is 2.88. The molecule has 6 heavy (non-hydrogen) atoms. The lowest BCUT2D eigenvalue weighted by atomic mass is 11.0. The number of H-pyrrole nitrogens is 1. The van der Waals surface area contributed by atoms with E-state index in [1.807, 2.05) is 17.1 Å². The molecule has 1 N–H and O–H groups in total. The molecule has 0 saturated heterocycles. The fraction of sp³-hybridized carbons (Fsp3) is 0. The topological polar surface area (TPSA) is 14.1 Å². The van der Waals surface area contributed by atoms with Crippen LogP contribution in [-0.4, -0.2) is 0 Å². The molecule has 1 aromatic rings. The van der Waals surface area contributed by atoms with Gasteiger partial charge in [-0.1, -0.05) is 11.3 Å². The van der Waals surface area contributed by atoms with E-state index in [1.54, 1.807) is 11.3 Å². The van der Waals surface area contributed by atoms with Crippen molar-refractivity contribution in [3.05, 3.63) is 17.1 Å². The number of hydrogen-bond donors (Lipinski definition) is 0. The number of aromatic nitrogens is 1. The number of nitrogens with one attached hydrogen (secondary N) is 1. The smallest absolute Gasteiger partial charge is 0.208 e. The van der Waals surface area contributed by atoms with Crippen LogP contribution in [0.5, 0.6) is 0 Å². The van der Waals surface area contributed by atoms with E-state index in [2.05, 4.69) is 4.98 Å². The molecule has 3 heteroatoms. The molecule has 0 bridgehead atoms. The Hall–Kier alpha value is -0.0800. The number of thiazole rings is 1. The molecule has 0 aromatic carbocycles. The molecule has 0 radical (unpaired) electrons. The first-order chi connectivity index (χ1) is 2.50. The number of hydrogen-bond acceptors (Lipinski definition) is 1. The Morgan fingerprint density at radius 1 is 1.50 bits per heavy atom. The Labute approximate surface area is 46.4 Å². The minimum Gasteiger partial charge on any atom is -0.208 e. The number of aromatic amines is 1. The maximum atomic E-state index is 2.88. The molecule has 1 rings (SSSR count). The number of halogens is 1. The van der Waals surface area contributed by atoms with Crippen LogP contribution in [-0.2, 0) is 0 Å². The van der Waals surface area contributed by atoms with E-state index in [9.17, 15) is 0 Å². The maximum Gasteiger partial charge on any atom is 0.222 e. The zero-order valence-corrected chi connectivity index (χ0v) is 4.68. The molecule has 0 aliphatic rings. The lowest BCUT2D eigenvalue weighted by molar-refractivity contribution is -0.370. The summed E-state index contributed by atoms with van der Waals surface area (Å²) in [6.07, 6.45) is 1.89. The lowest BCUT2D eigenvalue weighted by Crippen LogP contribution is -1.86. The van der Waals surface area contributed by atoms with Crippen molar-refractivity contribution in [1.29, 1.82) is 0 Å². The normalized spacial score (nSPS) is 6.67. The van der Waals surface area contributed by atoms with Crippen LogP contribution in [0.25, 0.3) is 0 Å². The Bertz CT molecular complexity index is 67.3. The molecule has 0 aliphatic carbocycles. The van der Waals surface area contributed by atoms with Crippen LogP contribution in [0.3, 0.4) is 0 Å². The third kappa shape index (κ3) is 1.38. The van der Waals surface area contributed by atoms with Crippen LogP contribution in [0.1, 0.15) is 0 Å². The number of rotatable bonds is 0. The minimum atomic E-state index is 0. The summed E-state index contributed by atoms with van der Waals surface area (Å²) in [6.45, 7) is 0. The zero-order chi connectivity index (χ0) is 3.54. The van der Waals surface area contributed by atoms with E-state index < -0.39 is 0 Å². The third-order valence-electron chi connectivity index (χ3n) is 0.379. The average molecular weight is 123 g/mol. The molecule has 0 amide bonds. The first-order valence-electron chi connectivity index (χ1n) is 1.38. The summed E-state index contributed by atoms with van der Waals surface area (Å²) in [5, 5.41) is 1.99. The monoisotopic (exact) mass is 122 g/mol. The van der Waals surface area contributed by atoms with Crippen molar-refractivity contribution in [1.82, 2.24) is 0 Å². The second kappa shape index (κ2) is 3.12. The van der Waals surface area contributed by atoms with E-state index in [0.29, 0.717) is 0 Å². The van der Waals surface area contributed by atoms with Gasteiger partial charge in [-0.05, 0) is 0 Å². The molecule has 1 nitrogen and oxygen atoms in total. The summed E-state index contributed by atoms with van der Waals surface area (Å²) in [5.74, 6) is 0. The van der Waals surface area contributed by atoms with Gasteiger partial charge < -0.3 is 0 Å². The van der Waals surface area contributed by atoms with E-state index in [-0.39, 0.29) is 12.4 Å². The van der Waals surface area contributed by atoms with Crippen molar-refractivity contribution in [2.24, 2.45) is 0 Å². The highest BCUT2D eigenvalue weighted by molar-refractivity contribution is 7.07. The van der Waals surface area contributed by atoms with Crippen molar-refractivity contribution in [3.63, 3.8) is 0 Å². The van der Waals surface area contributed by atoms with Gasteiger partial charge in [0.05, 0.1) is 5.38 Å². The van der Waals surface area contributed by atoms with Crippen LogP contribution >= 0.6 is 23.7 Å². The van der Waals surface area contributed by atoms with Gasteiger partial charge in [-0.2, -0.15) is 0 Å². The summed E-state index contributed by atoms with van der Waals surface area (Å²) < 4.78 is 0. The fourth-order valence-corrected chi connectivity index (χ4v) is 0.589. The summed E-state index contributed by atoms with van der Waals surface area (Å²) in [5.41, 5.74) is 1.92. The van der Waals surface area contributed by atoms with E-state index in [1.165, 1.54) is 0 Å². The SMILES string of the molecule is Cl.c1csc[nH+]1. The molecule has 1 heterocycles. The Kier molecular flexibility index (Phi) is 3.08. The molecule has 0 fully saturated rings. The van der Waals surface area contributed by atoms with Gasteiger partial charge in [0.2, 0.25) is 5.51 Å². The second-order valence-corrected chi connectivity index (χ2v) is 1.50. The molecular weight excluding hydrogens is 118 g/mol. The van der Waals surface area contributed by atoms with Gasteiger partial charge in [-0.3, -0.25) is 0 Å². The van der Waals surface area contributed by atoms with Gasteiger partial charge >= 0.3 is 0 Å². The summed E-state index contributed by atoms with van der Waals surface area (Å²) >= 11 is 1.66. The molecule has 0 unspecified atom stereocenters. The first-order valence-corrected chi connectivity index (χ1v) is 2.32. The van der Waals surface area contributed by atoms with Crippen LogP contribution in [0.2, 0.25) is 0 Å². The van der Waals surface area contributed by atoms with Gasteiger partial charge in [0.1, 0.15) is 0 Å². The van der Waals surface area contributed by atoms with Crippen molar-refractivity contribution < 1.29 is 4.98 Å². The largest absolute Gasteiger partial charge is 0.222 e. The Balaban J connectivity index is 0.000000250. The van der Waals surface area contributed by atoms with E-state index >= 15 is 0 Å². The van der Waals surface area contributed by atoms with Crippen molar-refractivity contribution in [2.75, 3.05) is 0 Å². The summed E-state index contributed by atoms with van der Waals surface area (Å²) in [6, 6.07) is 0. The first kappa shape index (κ1) is 5.92. The highest BCUT2D eigenvalue weighted by Gasteiger charge is 1.68. The third-order valence-corrected chi connectivity index (χ3v) is 0.944. The maximum absolute atomic E-state index is 2.88. The second-order valence-electron chi connectivity index (χ2n) is 0.723. The highest BCUT2D eigenvalue weighted by atomic mass is 35.5. The molecular formula is C3H5ClNS+. The molecule has 1 aromatic heterocycles. The molecule has 0 aliphatic heterocycles. The quantitative estimate of drug-likeness (QED) is 0.487. The highest BCUT2D eigenvalue weighted by Crippen LogP contribution is 1.80. The van der Waals surface area contributed by atoms with Gasteiger partial charge in [0.15, 0.2) is 6.20 Å². The lowest BCUT2D eigenvalue weighted by Gasteiger charge is -1.32. The minimum absolute atomic E-state index is 0. The Morgan fingerprint density at radius 3 is 2.50 bits per heavy atom. The molecule has 0 saturated carbocycles. The van der Waals surface area contributed by atoms with Crippen molar-refractivity contribution in [2.45, 2.75) is 0 Å². The van der Waals surface area contributed by atoms with Crippen molar-refractivity contribution in [3.8, 4) is 0 Å². The van der Waals surface area contributed by atoms with Crippen LogP contribution < -0.4 is 4.98 Å². The standard InChI is InChI=1S/C3H3NS.ClH/c1-2-5-3-4-1;/h1-3H;1H/p+1. The van der Waals surface area contributed by atoms with Crippen LogP contribution in [0.15, 0.2) is 17.1 Å². The molecule has 34 valence electrons. The predicted octanol–water partition coefficient (Wildman–Crippen LogP) is 0.984. The van der Waals surface area contributed by atoms with E-state index in [0.717, 1.165) is 0 Å². The van der Waals surface area contributed by atoms with Crippen LogP contribution in [0.4, 0.5) is 0 Å².